The number of nitrogens with zero attached hydrogens (tertiary/aromatic N) is 1. The van der Waals surface area contributed by atoms with Gasteiger partial charge in [0.2, 0.25) is 0 Å². The quantitative estimate of drug-likeness (QED) is 0.626. The zero-order valence-electron chi connectivity index (χ0n) is 12.1. The van der Waals surface area contributed by atoms with Crippen molar-refractivity contribution in [2.75, 3.05) is 12.3 Å². The van der Waals surface area contributed by atoms with Crippen LogP contribution in [0, 0.1) is 6.92 Å². The van der Waals surface area contributed by atoms with Crippen molar-refractivity contribution >= 4 is 22.8 Å². The van der Waals surface area contributed by atoms with E-state index in [1.807, 2.05) is 11.8 Å². The zero-order valence-corrected chi connectivity index (χ0v) is 12.9. The van der Waals surface area contributed by atoms with Gasteiger partial charge >= 0.3 is 0 Å². The Morgan fingerprint density at radius 2 is 2.20 bits per heavy atom. The molecule has 0 amide bonds. The molecule has 0 saturated heterocycles. The van der Waals surface area contributed by atoms with Gasteiger partial charge in [-0.25, -0.2) is 4.98 Å². The number of hydrogen-bond donors (Lipinski definition) is 2. The van der Waals surface area contributed by atoms with E-state index in [1.165, 1.54) is 37.7 Å². The Kier molecular flexibility index (Phi) is 4.63. The predicted octanol–water partition coefficient (Wildman–Crippen LogP) is 3.89. The zero-order chi connectivity index (χ0) is 13.8. The van der Waals surface area contributed by atoms with E-state index in [-0.39, 0.29) is 0 Å². The molecule has 0 radical (unpaired) electrons. The molecule has 1 heterocycles. The molecule has 20 heavy (non-hydrogen) atoms. The molecule has 2 N–H and O–H groups in total. The molecule has 1 aromatic heterocycles. The highest BCUT2D eigenvalue weighted by Gasteiger charge is 2.13. The molecule has 4 heteroatoms. The molecule has 108 valence electrons. The van der Waals surface area contributed by atoms with Crippen LogP contribution in [0.1, 0.15) is 37.7 Å². The van der Waals surface area contributed by atoms with E-state index in [2.05, 4.69) is 40.4 Å². The smallest absolute Gasteiger partial charge is 0.166 e. The lowest BCUT2D eigenvalue weighted by molar-refractivity contribution is 0.524. The van der Waals surface area contributed by atoms with Crippen molar-refractivity contribution in [1.82, 2.24) is 15.3 Å². The number of rotatable bonds is 6. The summed E-state index contributed by atoms with van der Waals surface area (Å²) in [5, 5.41) is 4.71. The van der Waals surface area contributed by atoms with Crippen molar-refractivity contribution < 1.29 is 0 Å². The predicted molar refractivity (Wildman–Crippen MR) is 86.4 cm³/mol. The van der Waals surface area contributed by atoms with Crippen molar-refractivity contribution in [3.63, 3.8) is 0 Å². The molecular formula is C16H23N3S. The summed E-state index contributed by atoms with van der Waals surface area (Å²) in [4.78, 5) is 8.02. The van der Waals surface area contributed by atoms with Crippen LogP contribution < -0.4 is 5.32 Å². The summed E-state index contributed by atoms with van der Waals surface area (Å²) < 4.78 is 0. The highest BCUT2D eigenvalue weighted by atomic mass is 32.2. The number of H-pyrrole nitrogens is 1. The maximum Gasteiger partial charge on any atom is 0.166 e. The van der Waals surface area contributed by atoms with Gasteiger partial charge in [-0.05, 0) is 50.4 Å². The molecule has 1 fully saturated rings. The minimum Gasteiger partial charge on any atom is -0.333 e. The van der Waals surface area contributed by atoms with E-state index in [9.17, 15) is 0 Å². The van der Waals surface area contributed by atoms with Crippen molar-refractivity contribution in [2.24, 2.45) is 0 Å². The molecule has 3 rings (SSSR count). The Hall–Kier alpha value is -1.00. The third kappa shape index (κ3) is 3.55. The lowest BCUT2D eigenvalue weighted by atomic mass is 10.2. The van der Waals surface area contributed by atoms with Gasteiger partial charge in [-0.15, -0.1) is 0 Å². The largest absolute Gasteiger partial charge is 0.333 e. The lowest BCUT2D eigenvalue weighted by Crippen LogP contribution is -2.27. The summed E-state index contributed by atoms with van der Waals surface area (Å²) in [5.74, 6) is 1.12. The van der Waals surface area contributed by atoms with Crippen LogP contribution in [-0.4, -0.2) is 28.3 Å². The molecular weight excluding hydrogens is 266 g/mol. The van der Waals surface area contributed by atoms with Crippen LogP contribution in [0.5, 0.6) is 0 Å². The standard InChI is InChI=1S/C16H23N3S/c1-12-7-8-14-15(11-12)19-16(18-14)20-10-4-9-17-13-5-2-3-6-13/h7-8,11,13,17H,2-6,9-10H2,1H3,(H,18,19). The summed E-state index contributed by atoms with van der Waals surface area (Å²) >= 11 is 1.83. The van der Waals surface area contributed by atoms with Crippen LogP contribution in [0.25, 0.3) is 11.0 Å². The number of hydrogen-bond acceptors (Lipinski definition) is 3. The number of aromatic amines is 1. The second-order valence-corrected chi connectivity index (χ2v) is 6.78. The Bertz CT molecular complexity index is 558. The van der Waals surface area contributed by atoms with Crippen molar-refractivity contribution in [2.45, 2.75) is 50.2 Å². The summed E-state index contributed by atoms with van der Waals surface area (Å²) in [6.07, 6.45) is 6.76. The van der Waals surface area contributed by atoms with E-state index in [1.54, 1.807) is 0 Å². The fourth-order valence-electron chi connectivity index (χ4n) is 2.85. The van der Waals surface area contributed by atoms with Gasteiger partial charge in [-0.3, -0.25) is 0 Å². The molecule has 1 saturated carbocycles. The molecule has 2 aromatic rings. The molecule has 1 aromatic carbocycles. The fourth-order valence-corrected chi connectivity index (χ4v) is 3.67. The number of fused-ring (bicyclic) bond motifs is 1. The molecule has 0 unspecified atom stereocenters. The van der Waals surface area contributed by atoms with E-state index < -0.39 is 0 Å². The first-order valence-corrected chi connectivity index (χ1v) is 8.62. The topological polar surface area (TPSA) is 40.7 Å². The summed E-state index contributed by atoms with van der Waals surface area (Å²) in [7, 11) is 0. The number of aryl methyl sites for hydroxylation is 1. The Morgan fingerprint density at radius 3 is 3.05 bits per heavy atom. The maximum atomic E-state index is 4.62. The number of thioether (sulfide) groups is 1. The van der Waals surface area contributed by atoms with Crippen LogP contribution >= 0.6 is 11.8 Å². The molecule has 0 spiro atoms. The summed E-state index contributed by atoms with van der Waals surface area (Å²) in [5.41, 5.74) is 3.50. The molecule has 0 bridgehead atoms. The minimum absolute atomic E-state index is 0.786. The monoisotopic (exact) mass is 289 g/mol. The second-order valence-electron chi connectivity index (χ2n) is 5.70. The molecule has 1 aliphatic rings. The summed E-state index contributed by atoms with van der Waals surface area (Å²) in [6, 6.07) is 7.15. The average molecular weight is 289 g/mol. The van der Waals surface area contributed by atoms with E-state index >= 15 is 0 Å². The Labute approximate surface area is 124 Å². The molecule has 3 nitrogen and oxygen atoms in total. The van der Waals surface area contributed by atoms with Gasteiger partial charge in [0, 0.05) is 11.8 Å². The lowest BCUT2D eigenvalue weighted by Gasteiger charge is -2.10. The van der Waals surface area contributed by atoms with E-state index in [4.69, 9.17) is 0 Å². The highest BCUT2D eigenvalue weighted by Crippen LogP contribution is 2.21. The maximum absolute atomic E-state index is 4.62. The summed E-state index contributed by atoms with van der Waals surface area (Å²) in [6.45, 7) is 3.25. The fraction of sp³-hybridized carbons (Fsp3) is 0.562. The van der Waals surface area contributed by atoms with Crippen LogP contribution in [-0.2, 0) is 0 Å². The first-order chi connectivity index (χ1) is 9.81. The van der Waals surface area contributed by atoms with Crippen molar-refractivity contribution in [1.29, 1.82) is 0 Å². The Balaban J connectivity index is 1.42. The SMILES string of the molecule is Cc1ccc2nc(SCCCNC3CCCC3)[nH]c2c1. The van der Waals surface area contributed by atoms with Crippen molar-refractivity contribution in [3.05, 3.63) is 23.8 Å². The average Bonchev–Trinajstić information content (AvgIpc) is 3.06. The van der Waals surface area contributed by atoms with E-state index in [0.29, 0.717) is 0 Å². The number of aromatic nitrogens is 2. The first-order valence-electron chi connectivity index (χ1n) is 7.64. The first kappa shape index (κ1) is 14.0. The third-order valence-electron chi connectivity index (χ3n) is 3.96. The van der Waals surface area contributed by atoms with Crippen LogP contribution in [0.2, 0.25) is 0 Å². The number of imidazole rings is 1. The third-order valence-corrected chi connectivity index (χ3v) is 4.92. The van der Waals surface area contributed by atoms with Gasteiger partial charge in [-0.1, -0.05) is 30.7 Å². The molecule has 0 aliphatic heterocycles. The minimum atomic E-state index is 0.786. The molecule has 1 aliphatic carbocycles. The van der Waals surface area contributed by atoms with Crippen LogP contribution in [0.4, 0.5) is 0 Å². The van der Waals surface area contributed by atoms with Crippen molar-refractivity contribution in [3.8, 4) is 0 Å². The normalized spacial score (nSPS) is 16.2. The number of benzene rings is 1. The van der Waals surface area contributed by atoms with Gasteiger partial charge < -0.3 is 10.3 Å². The van der Waals surface area contributed by atoms with Crippen LogP contribution in [0.3, 0.4) is 0 Å². The Morgan fingerprint density at radius 1 is 1.35 bits per heavy atom. The van der Waals surface area contributed by atoms with Gasteiger partial charge in [0.15, 0.2) is 5.16 Å². The highest BCUT2D eigenvalue weighted by molar-refractivity contribution is 7.99. The molecule has 0 atom stereocenters. The van der Waals surface area contributed by atoms with Gasteiger partial charge in [0.1, 0.15) is 0 Å². The van der Waals surface area contributed by atoms with Gasteiger partial charge in [0.05, 0.1) is 11.0 Å². The van der Waals surface area contributed by atoms with Gasteiger partial charge in [-0.2, -0.15) is 0 Å². The van der Waals surface area contributed by atoms with Crippen LogP contribution in [0.15, 0.2) is 23.4 Å². The van der Waals surface area contributed by atoms with E-state index in [0.717, 1.165) is 34.5 Å². The number of nitrogens with one attached hydrogen (secondary N) is 2. The second kappa shape index (κ2) is 6.64. The van der Waals surface area contributed by atoms with Gasteiger partial charge in [0.25, 0.3) is 0 Å².